The minimum atomic E-state index is -3.06. The lowest BCUT2D eigenvalue weighted by Crippen LogP contribution is -2.40. The highest BCUT2D eigenvalue weighted by atomic mass is 32.2. The smallest absolute Gasteiger partial charge is 0.257 e. The Hall–Kier alpha value is -2.08. The van der Waals surface area contributed by atoms with Crippen LogP contribution in [0.15, 0.2) is 47.1 Å². The molecule has 2 heterocycles. The van der Waals surface area contributed by atoms with Gasteiger partial charge in [0.1, 0.15) is 5.76 Å². The van der Waals surface area contributed by atoms with Gasteiger partial charge in [0, 0.05) is 12.6 Å². The molecule has 1 aromatic carbocycles. The molecule has 1 fully saturated rings. The van der Waals surface area contributed by atoms with E-state index in [4.69, 9.17) is 4.42 Å². The van der Waals surface area contributed by atoms with Gasteiger partial charge in [0.05, 0.1) is 23.3 Å². The van der Waals surface area contributed by atoms with Crippen molar-refractivity contribution in [1.82, 2.24) is 4.90 Å². The van der Waals surface area contributed by atoms with Crippen LogP contribution in [-0.4, -0.2) is 36.8 Å². The van der Waals surface area contributed by atoms with Crippen LogP contribution >= 0.6 is 0 Å². The number of hydrogen-bond acceptors (Lipinski definition) is 4. The first-order valence-corrected chi connectivity index (χ1v) is 9.38. The molecule has 0 unspecified atom stereocenters. The fourth-order valence-electron chi connectivity index (χ4n) is 2.93. The fraction of sp³-hybridized carbons (Fsp3) is 0.353. The van der Waals surface area contributed by atoms with Gasteiger partial charge in [-0.1, -0.05) is 30.3 Å². The SMILES string of the molecule is Cc1occc1C(=O)N(Cc1ccccc1)[C@H]1CCS(=O)(=O)C1. The number of furan rings is 1. The average Bonchev–Trinajstić information content (AvgIpc) is 3.10. The highest BCUT2D eigenvalue weighted by Gasteiger charge is 2.35. The third-order valence-electron chi connectivity index (χ3n) is 4.20. The summed E-state index contributed by atoms with van der Waals surface area (Å²) in [6, 6.07) is 11.0. The van der Waals surface area contributed by atoms with Gasteiger partial charge in [-0.3, -0.25) is 4.79 Å². The van der Waals surface area contributed by atoms with E-state index in [-0.39, 0.29) is 23.5 Å². The zero-order chi connectivity index (χ0) is 16.4. The van der Waals surface area contributed by atoms with Crippen LogP contribution in [0.2, 0.25) is 0 Å². The minimum absolute atomic E-state index is 0.0302. The van der Waals surface area contributed by atoms with Crippen molar-refractivity contribution in [2.45, 2.75) is 25.9 Å². The van der Waals surface area contributed by atoms with Crippen molar-refractivity contribution in [3.8, 4) is 0 Å². The van der Waals surface area contributed by atoms with Crippen molar-refractivity contribution < 1.29 is 17.6 Å². The number of sulfone groups is 1. The van der Waals surface area contributed by atoms with Crippen molar-refractivity contribution in [2.75, 3.05) is 11.5 Å². The number of benzene rings is 1. The highest BCUT2D eigenvalue weighted by Crippen LogP contribution is 2.23. The molecule has 0 radical (unpaired) electrons. The van der Waals surface area contributed by atoms with Gasteiger partial charge in [-0.15, -0.1) is 0 Å². The summed E-state index contributed by atoms with van der Waals surface area (Å²) in [4.78, 5) is 14.6. The van der Waals surface area contributed by atoms with Crippen molar-refractivity contribution >= 4 is 15.7 Å². The number of aryl methyl sites for hydroxylation is 1. The topological polar surface area (TPSA) is 67.6 Å². The Bertz CT molecular complexity index is 795. The summed E-state index contributed by atoms with van der Waals surface area (Å²) in [6.45, 7) is 2.13. The summed E-state index contributed by atoms with van der Waals surface area (Å²) in [7, 11) is -3.06. The maximum atomic E-state index is 12.9. The van der Waals surface area contributed by atoms with Gasteiger partial charge in [0.15, 0.2) is 9.84 Å². The first-order chi connectivity index (χ1) is 11.0. The molecule has 1 saturated heterocycles. The minimum Gasteiger partial charge on any atom is -0.469 e. The molecule has 3 rings (SSSR count). The number of amides is 1. The van der Waals surface area contributed by atoms with Crippen molar-refractivity contribution in [1.29, 1.82) is 0 Å². The summed E-state index contributed by atoms with van der Waals surface area (Å²) in [5, 5.41) is 0. The van der Waals surface area contributed by atoms with Crippen LogP contribution in [-0.2, 0) is 16.4 Å². The van der Waals surface area contributed by atoms with Crippen LogP contribution in [0, 0.1) is 6.92 Å². The lowest BCUT2D eigenvalue weighted by Gasteiger charge is -2.28. The predicted octanol–water partition coefficient (Wildman–Crippen LogP) is 2.42. The van der Waals surface area contributed by atoms with Gasteiger partial charge < -0.3 is 9.32 Å². The molecule has 1 atom stereocenters. The van der Waals surface area contributed by atoms with Crippen LogP contribution in [0.4, 0.5) is 0 Å². The zero-order valence-corrected chi connectivity index (χ0v) is 13.8. The van der Waals surface area contributed by atoms with E-state index in [9.17, 15) is 13.2 Å². The second kappa shape index (κ2) is 6.20. The van der Waals surface area contributed by atoms with E-state index < -0.39 is 9.84 Å². The number of nitrogens with zero attached hydrogens (tertiary/aromatic N) is 1. The zero-order valence-electron chi connectivity index (χ0n) is 12.9. The molecule has 0 N–H and O–H groups in total. The van der Waals surface area contributed by atoms with Crippen LogP contribution < -0.4 is 0 Å². The Balaban J connectivity index is 1.90. The summed E-state index contributed by atoms with van der Waals surface area (Å²) in [5.41, 5.74) is 1.47. The predicted molar refractivity (Wildman–Crippen MR) is 86.8 cm³/mol. The first-order valence-electron chi connectivity index (χ1n) is 7.56. The summed E-state index contributed by atoms with van der Waals surface area (Å²) in [6.07, 6.45) is 1.96. The molecule has 0 spiro atoms. The Morgan fingerprint density at radius 1 is 1.26 bits per heavy atom. The van der Waals surface area contributed by atoms with E-state index in [2.05, 4.69) is 0 Å². The van der Waals surface area contributed by atoms with Crippen LogP contribution in [0.3, 0.4) is 0 Å². The summed E-state index contributed by atoms with van der Waals surface area (Å²) < 4.78 is 28.9. The molecule has 23 heavy (non-hydrogen) atoms. The van der Waals surface area contributed by atoms with Crippen LogP contribution in [0.25, 0.3) is 0 Å². The first kappa shape index (κ1) is 15.8. The van der Waals surface area contributed by atoms with E-state index in [1.165, 1.54) is 6.26 Å². The number of carbonyl (C=O) groups is 1. The standard InChI is InChI=1S/C17H19NO4S/c1-13-16(7-9-22-13)17(19)18(11-14-5-3-2-4-6-14)15-8-10-23(20,21)12-15/h2-7,9,15H,8,10-12H2,1H3/t15-/m0/s1. The molecule has 6 heteroatoms. The Morgan fingerprint density at radius 2 is 2.00 bits per heavy atom. The van der Waals surface area contributed by atoms with E-state index in [1.807, 2.05) is 30.3 Å². The molecule has 0 bridgehead atoms. The molecular formula is C17H19NO4S. The maximum Gasteiger partial charge on any atom is 0.257 e. The molecule has 2 aromatic rings. The van der Waals surface area contributed by atoms with Gasteiger partial charge in [-0.25, -0.2) is 8.42 Å². The number of carbonyl (C=O) groups excluding carboxylic acids is 1. The monoisotopic (exact) mass is 333 g/mol. The van der Waals surface area contributed by atoms with E-state index >= 15 is 0 Å². The Morgan fingerprint density at radius 3 is 2.57 bits per heavy atom. The molecule has 1 aromatic heterocycles. The Kier molecular flexibility index (Phi) is 4.26. The van der Waals surface area contributed by atoms with Crippen LogP contribution in [0.5, 0.6) is 0 Å². The lowest BCUT2D eigenvalue weighted by atomic mass is 10.1. The Labute approximate surface area is 135 Å². The molecule has 0 aliphatic carbocycles. The van der Waals surface area contributed by atoms with Crippen molar-refractivity contribution in [3.05, 3.63) is 59.5 Å². The third-order valence-corrected chi connectivity index (χ3v) is 5.95. The highest BCUT2D eigenvalue weighted by molar-refractivity contribution is 7.91. The average molecular weight is 333 g/mol. The van der Waals surface area contributed by atoms with Gasteiger partial charge >= 0.3 is 0 Å². The number of rotatable bonds is 4. The van der Waals surface area contributed by atoms with Crippen molar-refractivity contribution in [2.24, 2.45) is 0 Å². The molecular weight excluding hydrogens is 314 g/mol. The quantitative estimate of drug-likeness (QED) is 0.862. The van der Waals surface area contributed by atoms with Gasteiger partial charge in [0.2, 0.25) is 0 Å². The normalized spacial score (nSPS) is 19.6. The van der Waals surface area contributed by atoms with Crippen LogP contribution in [0.1, 0.15) is 28.1 Å². The summed E-state index contributed by atoms with van der Waals surface area (Å²) >= 11 is 0. The molecule has 1 amide bonds. The third kappa shape index (κ3) is 3.47. The van der Waals surface area contributed by atoms with E-state index in [1.54, 1.807) is 17.9 Å². The molecule has 122 valence electrons. The fourth-order valence-corrected chi connectivity index (χ4v) is 4.66. The summed E-state index contributed by atoms with van der Waals surface area (Å²) in [5.74, 6) is 0.541. The molecule has 0 saturated carbocycles. The largest absolute Gasteiger partial charge is 0.469 e. The van der Waals surface area contributed by atoms with E-state index in [0.29, 0.717) is 24.3 Å². The van der Waals surface area contributed by atoms with Gasteiger partial charge in [-0.2, -0.15) is 0 Å². The molecule has 5 nitrogen and oxygen atoms in total. The maximum absolute atomic E-state index is 12.9. The molecule has 1 aliphatic heterocycles. The van der Waals surface area contributed by atoms with Gasteiger partial charge in [-0.05, 0) is 25.0 Å². The second-order valence-electron chi connectivity index (χ2n) is 5.87. The van der Waals surface area contributed by atoms with E-state index in [0.717, 1.165) is 5.56 Å². The lowest BCUT2D eigenvalue weighted by molar-refractivity contribution is 0.0679. The number of hydrogen-bond donors (Lipinski definition) is 0. The van der Waals surface area contributed by atoms with Gasteiger partial charge in [0.25, 0.3) is 5.91 Å². The molecule has 1 aliphatic rings. The van der Waals surface area contributed by atoms with Crippen molar-refractivity contribution in [3.63, 3.8) is 0 Å². The second-order valence-corrected chi connectivity index (χ2v) is 8.09.